The first-order valence-electron chi connectivity index (χ1n) is 8.24. The second-order valence-corrected chi connectivity index (χ2v) is 6.74. The van der Waals surface area contributed by atoms with Gasteiger partial charge in [0.05, 0.1) is 17.1 Å². The van der Waals surface area contributed by atoms with Crippen molar-refractivity contribution in [1.82, 2.24) is 9.47 Å². The number of fused-ring (bicyclic) bond motifs is 2. The minimum absolute atomic E-state index is 0.163. The van der Waals surface area contributed by atoms with Crippen LogP contribution in [-0.4, -0.2) is 35.1 Å². The van der Waals surface area contributed by atoms with Gasteiger partial charge in [0, 0.05) is 35.9 Å². The zero-order valence-corrected chi connectivity index (χ0v) is 14.7. The molecule has 0 atom stereocenters. The quantitative estimate of drug-likeness (QED) is 0.767. The minimum atomic E-state index is -0.380. The van der Waals surface area contributed by atoms with Gasteiger partial charge in [-0.3, -0.25) is 9.69 Å². The van der Waals surface area contributed by atoms with Gasteiger partial charge in [0.25, 0.3) is 0 Å². The van der Waals surface area contributed by atoms with Crippen LogP contribution in [0.2, 0.25) is 5.02 Å². The molecule has 7 heteroatoms. The lowest BCUT2D eigenvalue weighted by molar-refractivity contribution is -0.119. The van der Waals surface area contributed by atoms with Gasteiger partial charge < -0.3 is 15.0 Å². The maximum absolute atomic E-state index is 13.4. The molecule has 1 aliphatic rings. The molecule has 4 rings (SSSR count). The van der Waals surface area contributed by atoms with Crippen molar-refractivity contribution >= 4 is 28.4 Å². The molecular weight excluding hydrogens is 357 g/mol. The SMILES string of the molecule is NC(=O)CN1CCOc2c(Cl)cc(-n3ccc4cc(F)ccc43)cc2C1. The van der Waals surface area contributed by atoms with Crippen LogP contribution < -0.4 is 10.5 Å². The Bertz CT molecular complexity index is 1000. The third-order valence-corrected chi connectivity index (χ3v) is 4.74. The summed E-state index contributed by atoms with van der Waals surface area (Å²) in [6.45, 7) is 1.70. The number of carbonyl (C=O) groups excluding carboxylic acids is 1. The Balaban J connectivity index is 1.78. The maximum atomic E-state index is 13.4. The normalized spacial score (nSPS) is 14.7. The Morgan fingerprint density at radius 3 is 2.92 bits per heavy atom. The van der Waals surface area contributed by atoms with Crippen molar-refractivity contribution < 1.29 is 13.9 Å². The molecule has 26 heavy (non-hydrogen) atoms. The highest BCUT2D eigenvalue weighted by Gasteiger charge is 2.20. The van der Waals surface area contributed by atoms with Crippen molar-refractivity contribution in [3.8, 4) is 11.4 Å². The number of nitrogens with zero attached hydrogens (tertiary/aromatic N) is 2. The van der Waals surface area contributed by atoms with Gasteiger partial charge in [-0.15, -0.1) is 0 Å². The number of carbonyl (C=O) groups is 1. The molecule has 0 unspecified atom stereocenters. The van der Waals surface area contributed by atoms with Crippen LogP contribution >= 0.6 is 11.6 Å². The van der Waals surface area contributed by atoms with E-state index in [0.717, 1.165) is 22.2 Å². The molecule has 0 bridgehead atoms. The standard InChI is InChI=1S/C19H17ClFN3O2/c20-16-9-15(24-4-3-12-7-14(21)1-2-17(12)24)8-13-10-23(11-18(22)25)5-6-26-19(13)16/h1-4,7-9H,5-6,10-11H2,(H2,22,25). The highest BCUT2D eigenvalue weighted by atomic mass is 35.5. The number of primary amides is 1. The summed E-state index contributed by atoms with van der Waals surface area (Å²) in [5.74, 6) is -0.0234. The minimum Gasteiger partial charge on any atom is -0.490 e. The molecule has 1 aliphatic heterocycles. The number of benzene rings is 2. The number of hydrogen-bond acceptors (Lipinski definition) is 3. The van der Waals surface area contributed by atoms with E-state index in [0.29, 0.717) is 30.5 Å². The topological polar surface area (TPSA) is 60.5 Å². The molecule has 2 N–H and O–H groups in total. The summed E-state index contributed by atoms with van der Waals surface area (Å²) in [5.41, 5.74) is 7.94. The van der Waals surface area contributed by atoms with Crippen LogP contribution in [0.3, 0.4) is 0 Å². The summed E-state index contributed by atoms with van der Waals surface area (Å²) < 4.78 is 21.2. The van der Waals surface area contributed by atoms with Gasteiger partial charge in [0.1, 0.15) is 18.2 Å². The fraction of sp³-hybridized carbons (Fsp3) is 0.211. The van der Waals surface area contributed by atoms with E-state index in [-0.39, 0.29) is 18.3 Å². The Labute approximate surface area is 154 Å². The van der Waals surface area contributed by atoms with E-state index in [4.69, 9.17) is 22.1 Å². The Morgan fingerprint density at radius 1 is 1.27 bits per heavy atom. The van der Waals surface area contributed by atoms with Crippen LogP contribution in [0.5, 0.6) is 5.75 Å². The van der Waals surface area contributed by atoms with Crippen molar-refractivity contribution in [3.05, 3.63) is 59.0 Å². The van der Waals surface area contributed by atoms with Crippen molar-refractivity contribution in [2.75, 3.05) is 19.7 Å². The smallest absolute Gasteiger partial charge is 0.231 e. The van der Waals surface area contributed by atoms with E-state index in [1.54, 1.807) is 6.07 Å². The van der Waals surface area contributed by atoms with Gasteiger partial charge in [0.2, 0.25) is 5.91 Å². The van der Waals surface area contributed by atoms with Crippen LogP contribution in [0.15, 0.2) is 42.6 Å². The molecule has 2 heterocycles. The van der Waals surface area contributed by atoms with Crippen LogP contribution in [0.25, 0.3) is 16.6 Å². The first kappa shape index (κ1) is 16.9. The van der Waals surface area contributed by atoms with Gasteiger partial charge >= 0.3 is 0 Å². The second-order valence-electron chi connectivity index (χ2n) is 6.33. The second kappa shape index (κ2) is 6.63. The summed E-state index contributed by atoms with van der Waals surface area (Å²) >= 11 is 6.46. The predicted octanol–water partition coefficient (Wildman–Crippen LogP) is 3.10. The van der Waals surface area contributed by atoms with Gasteiger partial charge in [-0.25, -0.2) is 4.39 Å². The average Bonchev–Trinajstić information content (AvgIpc) is 2.88. The molecule has 0 radical (unpaired) electrons. The summed E-state index contributed by atoms with van der Waals surface area (Å²) in [5, 5.41) is 1.31. The first-order chi connectivity index (χ1) is 12.5. The molecule has 1 amide bonds. The number of rotatable bonds is 3. The summed E-state index contributed by atoms with van der Waals surface area (Å²) in [4.78, 5) is 13.2. The van der Waals surface area contributed by atoms with E-state index in [1.807, 2.05) is 33.9 Å². The molecule has 134 valence electrons. The van der Waals surface area contributed by atoms with Gasteiger partial charge in [0.15, 0.2) is 0 Å². The van der Waals surface area contributed by atoms with Gasteiger partial charge in [-0.2, -0.15) is 0 Å². The number of hydrogen-bond donors (Lipinski definition) is 1. The molecule has 0 saturated carbocycles. The van der Waals surface area contributed by atoms with Gasteiger partial charge in [-0.1, -0.05) is 11.6 Å². The Hall–Kier alpha value is -2.57. The van der Waals surface area contributed by atoms with E-state index in [9.17, 15) is 9.18 Å². The van der Waals surface area contributed by atoms with Gasteiger partial charge in [-0.05, 0) is 36.4 Å². The summed E-state index contributed by atoms with van der Waals surface area (Å²) in [6, 6.07) is 10.3. The average molecular weight is 374 g/mol. The maximum Gasteiger partial charge on any atom is 0.231 e. The molecule has 0 aliphatic carbocycles. The lowest BCUT2D eigenvalue weighted by Gasteiger charge is -2.17. The summed E-state index contributed by atoms with van der Waals surface area (Å²) in [7, 11) is 0. The third-order valence-electron chi connectivity index (χ3n) is 4.46. The molecule has 5 nitrogen and oxygen atoms in total. The molecule has 0 fully saturated rings. The lowest BCUT2D eigenvalue weighted by atomic mass is 10.1. The van der Waals surface area contributed by atoms with E-state index >= 15 is 0 Å². The molecule has 1 aromatic heterocycles. The molecule has 3 aromatic rings. The van der Waals surface area contributed by atoms with Crippen molar-refractivity contribution in [2.45, 2.75) is 6.54 Å². The number of aromatic nitrogens is 1. The first-order valence-corrected chi connectivity index (χ1v) is 8.62. The van der Waals surface area contributed by atoms with E-state index in [2.05, 4.69) is 0 Å². The molecule has 2 aromatic carbocycles. The fourth-order valence-electron chi connectivity index (χ4n) is 3.34. The van der Waals surface area contributed by atoms with Crippen LogP contribution in [0.4, 0.5) is 4.39 Å². The van der Waals surface area contributed by atoms with E-state index in [1.165, 1.54) is 12.1 Å². The number of amides is 1. The predicted molar refractivity (Wildman–Crippen MR) is 98.2 cm³/mol. The van der Waals surface area contributed by atoms with Crippen LogP contribution in [0.1, 0.15) is 5.56 Å². The molecule has 0 spiro atoms. The van der Waals surface area contributed by atoms with Crippen molar-refractivity contribution in [3.63, 3.8) is 0 Å². The fourth-order valence-corrected chi connectivity index (χ4v) is 3.63. The largest absolute Gasteiger partial charge is 0.490 e. The monoisotopic (exact) mass is 373 g/mol. The van der Waals surface area contributed by atoms with Crippen LogP contribution in [-0.2, 0) is 11.3 Å². The van der Waals surface area contributed by atoms with Crippen LogP contribution in [0, 0.1) is 5.82 Å². The number of halogens is 2. The van der Waals surface area contributed by atoms with E-state index < -0.39 is 0 Å². The lowest BCUT2D eigenvalue weighted by Crippen LogP contribution is -2.34. The Kier molecular flexibility index (Phi) is 4.30. The summed E-state index contributed by atoms with van der Waals surface area (Å²) in [6.07, 6.45) is 1.88. The highest BCUT2D eigenvalue weighted by Crippen LogP contribution is 2.35. The van der Waals surface area contributed by atoms with Crippen molar-refractivity contribution in [2.24, 2.45) is 5.73 Å². The third kappa shape index (κ3) is 3.13. The zero-order chi connectivity index (χ0) is 18.3. The zero-order valence-electron chi connectivity index (χ0n) is 13.9. The molecule has 0 saturated heterocycles. The van der Waals surface area contributed by atoms with Crippen molar-refractivity contribution in [1.29, 1.82) is 0 Å². The highest BCUT2D eigenvalue weighted by molar-refractivity contribution is 6.32. The number of ether oxygens (including phenoxy) is 1. The Morgan fingerprint density at radius 2 is 2.12 bits per heavy atom. The number of nitrogens with two attached hydrogens (primary N) is 1. The molecular formula is C19H17ClFN3O2.